The van der Waals surface area contributed by atoms with Crippen molar-refractivity contribution in [2.24, 2.45) is 0 Å². The van der Waals surface area contributed by atoms with Crippen LogP contribution >= 0.6 is 0 Å². The molecule has 3 rings (SSSR count). The first-order chi connectivity index (χ1) is 13.0. The van der Waals surface area contributed by atoms with Crippen molar-refractivity contribution in [3.8, 4) is 11.1 Å². The fraction of sp³-hybridized carbons (Fsp3) is 0.250. The van der Waals surface area contributed by atoms with Crippen molar-refractivity contribution >= 4 is 5.91 Å². The van der Waals surface area contributed by atoms with Crippen molar-refractivity contribution in [3.63, 3.8) is 0 Å². The van der Waals surface area contributed by atoms with E-state index < -0.39 is 5.91 Å². The highest BCUT2D eigenvalue weighted by atomic mass is 16.7. The lowest BCUT2D eigenvalue weighted by Gasteiger charge is -2.15. The molecule has 2 heterocycles. The third-order valence-electron chi connectivity index (χ3n) is 4.14. The minimum Gasteiger partial charge on any atom is -0.360 e. The molecule has 1 amide bonds. The molecule has 0 spiro atoms. The SMILES string of the molecule is CCON(C)C(=O)c1noc(C)c1-c1ccc(=O)n(Cc2ccccc2)c1. The van der Waals surface area contributed by atoms with Crippen LogP contribution in [0.4, 0.5) is 0 Å². The molecule has 0 N–H and O–H groups in total. The maximum atomic E-state index is 12.6. The van der Waals surface area contributed by atoms with E-state index in [1.807, 2.05) is 30.3 Å². The second-order valence-corrected chi connectivity index (χ2v) is 6.05. The highest BCUT2D eigenvalue weighted by molar-refractivity contribution is 5.98. The number of carbonyl (C=O) groups is 1. The molecule has 0 aliphatic carbocycles. The Balaban J connectivity index is 2.00. The minimum absolute atomic E-state index is 0.129. The molecule has 0 unspecified atom stereocenters. The van der Waals surface area contributed by atoms with Crippen molar-refractivity contribution in [3.05, 3.63) is 76.0 Å². The second kappa shape index (κ2) is 8.01. The molecule has 3 aromatic rings. The summed E-state index contributed by atoms with van der Waals surface area (Å²) in [6.45, 7) is 4.31. The Morgan fingerprint density at radius 1 is 1.22 bits per heavy atom. The molecule has 140 valence electrons. The standard InChI is InChI=1S/C20H21N3O4/c1-4-26-22(3)20(25)19-18(14(2)27-21-19)16-10-11-17(24)23(13-16)12-15-8-6-5-7-9-15/h5-11,13H,4,12H2,1-3H3. The average molecular weight is 367 g/mol. The normalized spacial score (nSPS) is 10.8. The number of pyridine rings is 1. The van der Waals surface area contributed by atoms with Crippen LogP contribution < -0.4 is 5.56 Å². The van der Waals surface area contributed by atoms with Crippen LogP contribution in [0.5, 0.6) is 0 Å². The zero-order valence-electron chi connectivity index (χ0n) is 15.5. The van der Waals surface area contributed by atoms with Crippen LogP contribution in [0.25, 0.3) is 11.1 Å². The summed E-state index contributed by atoms with van der Waals surface area (Å²) in [5.74, 6) is 0.0812. The summed E-state index contributed by atoms with van der Waals surface area (Å²) in [6, 6.07) is 12.8. The first kappa shape index (κ1) is 18.6. The molecular formula is C20H21N3O4. The predicted octanol–water partition coefficient (Wildman–Crippen LogP) is 2.88. The van der Waals surface area contributed by atoms with Gasteiger partial charge < -0.3 is 9.09 Å². The van der Waals surface area contributed by atoms with Crippen molar-refractivity contribution in [1.82, 2.24) is 14.8 Å². The van der Waals surface area contributed by atoms with Crippen LogP contribution in [0, 0.1) is 6.92 Å². The van der Waals surface area contributed by atoms with Gasteiger partial charge in [0.25, 0.3) is 11.5 Å². The molecule has 7 nitrogen and oxygen atoms in total. The smallest absolute Gasteiger partial charge is 0.299 e. The lowest BCUT2D eigenvalue weighted by molar-refractivity contribution is -0.100. The van der Waals surface area contributed by atoms with Gasteiger partial charge in [0.1, 0.15) is 5.76 Å². The number of rotatable bonds is 6. The number of aromatic nitrogens is 2. The molecule has 0 atom stereocenters. The molecule has 0 bridgehead atoms. The highest BCUT2D eigenvalue weighted by Gasteiger charge is 2.24. The average Bonchev–Trinajstić information content (AvgIpc) is 3.05. The fourth-order valence-corrected chi connectivity index (χ4v) is 2.84. The van der Waals surface area contributed by atoms with E-state index in [2.05, 4.69) is 5.16 Å². The minimum atomic E-state index is -0.412. The van der Waals surface area contributed by atoms with Crippen LogP contribution in [0.3, 0.4) is 0 Å². The molecule has 0 fully saturated rings. The Kier molecular flexibility index (Phi) is 5.52. The van der Waals surface area contributed by atoms with Crippen LogP contribution in [0.15, 0.2) is 58.0 Å². The van der Waals surface area contributed by atoms with E-state index in [0.29, 0.717) is 30.0 Å². The quantitative estimate of drug-likeness (QED) is 0.626. The number of aryl methyl sites for hydroxylation is 1. The van der Waals surface area contributed by atoms with E-state index in [0.717, 1.165) is 10.6 Å². The molecule has 0 saturated heterocycles. The topological polar surface area (TPSA) is 77.6 Å². The molecular weight excluding hydrogens is 346 g/mol. The van der Waals surface area contributed by atoms with E-state index in [1.54, 1.807) is 30.7 Å². The van der Waals surface area contributed by atoms with Crippen LogP contribution in [-0.2, 0) is 11.4 Å². The van der Waals surface area contributed by atoms with Gasteiger partial charge in [-0.1, -0.05) is 35.5 Å². The van der Waals surface area contributed by atoms with Crippen LogP contribution in [0.1, 0.15) is 28.7 Å². The van der Waals surface area contributed by atoms with Crippen molar-refractivity contribution in [1.29, 1.82) is 0 Å². The summed E-state index contributed by atoms with van der Waals surface area (Å²) in [5, 5.41) is 5.02. The van der Waals surface area contributed by atoms with Crippen molar-refractivity contribution in [2.45, 2.75) is 20.4 Å². The van der Waals surface area contributed by atoms with E-state index in [9.17, 15) is 9.59 Å². The maximum absolute atomic E-state index is 12.6. The van der Waals surface area contributed by atoms with Crippen LogP contribution in [-0.4, -0.2) is 34.3 Å². The van der Waals surface area contributed by atoms with Crippen molar-refractivity contribution in [2.75, 3.05) is 13.7 Å². The third-order valence-corrected chi connectivity index (χ3v) is 4.14. The number of hydroxylamine groups is 2. The Morgan fingerprint density at radius 2 is 1.96 bits per heavy atom. The Bertz CT molecular complexity index is 992. The summed E-state index contributed by atoms with van der Waals surface area (Å²) in [7, 11) is 1.52. The van der Waals surface area contributed by atoms with E-state index in [4.69, 9.17) is 9.36 Å². The maximum Gasteiger partial charge on any atom is 0.299 e. The van der Waals surface area contributed by atoms with Gasteiger partial charge in [-0.15, -0.1) is 0 Å². The first-order valence-corrected chi connectivity index (χ1v) is 8.63. The predicted molar refractivity (Wildman–Crippen MR) is 100 cm³/mol. The van der Waals surface area contributed by atoms with Gasteiger partial charge in [-0.2, -0.15) is 0 Å². The van der Waals surface area contributed by atoms with Gasteiger partial charge in [0.15, 0.2) is 5.69 Å². The summed E-state index contributed by atoms with van der Waals surface area (Å²) in [6.07, 6.45) is 1.71. The number of nitrogens with zero attached hydrogens (tertiary/aromatic N) is 3. The Labute approximate surface area is 156 Å². The molecule has 27 heavy (non-hydrogen) atoms. The van der Waals surface area contributed by atoms with Gasteiger partial charge in [0.2, 0.25) is 0 Å². The highest BCUT2D eigenvalue weighted by Crippen LogP contribution is 2.27. The van der Waals surface area contributed by atoms with E-state index in [-0.39, 0.29) is 11.3 Å². The molecule has 0 aliphatic rings. The number of amides is 1. The summed E-state index contributed by atoms with van der Waals surface area (Å²) < 4.78 is 6.84. The Hall–Kier alpha value is -3.19. The van der Waals surface area contributed by atoms with Gasteiger partial charge >= 0.3 is 0 Å². The lowest BCUT2D eigenvalue weighted by Crippen LogP contribution is -2.27. The van der Waals surface area contributed by atoms with E-state index >= 15 is 0 Å². The third kappa shape index (κ3) is 3.98. The van der Waals surface area contributed by atoms with Gasteiger partial charge in [-0.05, 0) is 25.5 Å². The molecule has 2 aromatic heterocycles. The van der Waals surface area contributed by atoms with Gasteiger partial charge in [-0.25, -0.2) is 5.06 Å². The molecule has 0 radical (unpaired) electrons. The zero-order chi connectivity index (χ0) is 19.4. The number of carbonyl (C=O) groups excluding carboxylic acids is 1. The van der Waals surface area contributed by atoms with E-state index in [1.165, 1.54) is 13.1 Å². The second-order valence-electron chi connectivity index (χ2n) is 6.05. The van der Waals surface area contributed by atoms with Gasteiger partial charge in [-0.3, -0.25) is 14.4 Å². The molecule has 7 heteroatoms. The Morgan fingerprint density at radius 3 is 2.67 bits per heavy atom. The largest absolute Gasteiger partial charge is 0.360 e. The number of hydrogen-bond acceptors (Lipinski definition) is 5. The van der Waals surface area contributed by atoms with Gasteiger partial charge in [0.05, 0.1) is 18.7 Å². The van der Waals surface area contributed by atoms with Crippen LogP contribution in [0.2, 0.25) is 0 Å². The van der Waals surface area contributed by atoms with Crippen molar-refractivity contribution < 1.29 is 14.2 Å². The van der Waals surface area contributed by atoms with Gasteiger partial charge in [0, 0.05) is 24.9 Å². The lowest BCUT2D eigenvalue weighted by atomic mass is 10.1. The molecule has 1 aromatic carbocycles. The monoisotopic (exact) mass is 367 g/mol. The summed E-state index contributed by atoms with van der Waals surface area (Å²) in [5.41, 5.74) is 2.25. The number of hydrogen-bond donors (Lipinski definition) is 0. The fourth-order valence-electron chi connectivity index (χ4n) is 2.84. The summed E-state index contributed by atoms with van der Waals surface area (Å²) in [4.78, 5) is 30.1. The number of benzene rings is 1. The molecule has 0 aliphatic heterocycles. The summed E-state index contributed by atoms with van der Waals surface area (Å²) >= 11 is 0. The first-order valence-electron chi connectivity index (χ1n) is 8.63. The zero-order valence-corrected chi connectivity index (χ0v) is 15.5. The molecule has 0 saturated carbocycles.